The number of rotatable bonds is 3. The highest BCUT2D eigenvalue weighted by molar-refractivity contribution is 5.75. The van der Waals surface area contributed by atoms with Crippen LogP contribution in [0.5, 0.6) is 0 Å². The minimum Gasteiger partial charge on any atom is -0.304 e. The third kappa shape index (κ3) is 7.95. The van der Waals surface area contributed by atoms with Gasteiger partial charge in [0.1, 0.15) is 0 Å². The fourth-order valence-electron chi connectivity index (χ4n) is 0.671. The lowest BCUT2D eigenvalue weighted by atomic mass is 10.5. The average molecular weight is 132 g/mol. The Morgan fingerprint density at radius 1 is 0.889 bits per heavy atom. The second-order valence-corrected chi connectivity index (χ2v) is 1.62. The molecule has 0 heterocycles. The highest BCUT2D eigenvalue weighted by Gasteiger charge is 1.89. The van der Waals surface area contributed by atoms with Crippen LogP contribution in [0, 0.1) is 0 Å². The molecule has 0 aromatic carbocycles. The van der Waals surface area contributed by atoms with Crippen molar-refractivity contribution in [1.82, 2.24) is 4.90 Å². The topological polar surface area (TPSA) is 3.24 Å². The van der Waals surface area contributed by atoms with Gasteiger partial charge in [-0.2, -0.15) is 0 Å². The highest BCUT2D eigenvalue weighted by atomic mass is 19.0. The zero-order chi connectivity index (χ0) is 5.70. The fraction of sp³-hybridized carbons (Fsp3) is 1.00. The lowest BCUT2D eigenvalue weighted by Crippen LogP contribution is -2.21. The number of halogens is 1. The van der Waals surface area contributed by atoms with Crippen LogP contribution in [0.1, 0.15) is 20.8 Å². The maximum atomic E-state index is 2.38. The van der Waals surface area contributed by atoms with Gasteiger partial charge in [-0.05, 0) is 19.6 Å². The largest absolute Gasteiger partial charge is 0.304 e. The molecule has 3 heteroatoms. The molecular weight excluding hydrogens is 116 g/mol. The van der Waals surface area contributed by atoms with Crippen molar-refractivity contribution in [1.29, 1.82) is 0 Å². The normalized spacial score (nSPS) is 8.00. The molecule has 55 valence electrons. The molecule has 0 amide bonds. The van der Waals surface area contributed by atoms with Gasteiger partial charge in [0.2, 0.25) is 0 Å². The third-order valence-electron chi connectivity index (χ3n) is 1.34. The SMILES string of the molecule is CCN(CC)CC.F.[B]. The molecule has 0 aromatic rings. The molecule has 0 saturated heterocycles. The number of nitrogens with zero attached hydrogens (tertiary/aromatic N) is 1. The molecule has 9 heavy (non-hydrogen) atoms. The van der Waals surface area contributed by atoms with Gasteiger partial charge in [0.05, 0.1) is 0 Å². The highest BCUT2D eigenvalue weighted by Crippen LogP contribution is 1.81. The molecule has 0 fully saturated rings. The van der Waals surface area contributed by atoms with Gasteiger partial charge in [0.25, 0.3) is 0 Å². The van der Waals surface area contributed by atoms with E-state index in [-0.39, 0.29) is 13.1 Å². The Kier molecular flexibility index (Phi) is 19.3. The summed E-state index contributed by atoms with van der Waals surface area (Å²) in [5.74, 6) is 0. The van der Waals surface area contributed by atoms with Crippen molar-refractivity contribution in [2.45, 2.75) is 20.8 Å². The van der Waals surface area contributed by atoms with Crippen molar-refractivity contribution < 1.29 is 4.70 Å². The molecule has 0 aliphatic heterocycles. The molecule has 0 unspecified atom stereocenters. The standard InChI is InChI=1S/C6H15N.B.FH/c1-4-7(5-2)6-3;;/h4-6H2,1-3H3;;1H. The Bertz CT molecular complexity index is 34.5. The van der Waals surface area contributed by atoms with E-state index in [0.29, 0.717) is 0 Å². The summed E-state index contributed by atoms with van der Waals surface area (Å²) < 4.78 is 0. The number of hydrogen-bond donors (Lipinski definition) is 0. The van der Waals surface area contributed by atoms with Crippen LogP contribution in [-0.4, -0.2) is 32.9 Å². The minimum atomic E-state index is 0. The second-order valence-electron chi connectivity index (χ2n) is 1.62. The summed E-state index contributed by atoms with van der Waals surface area (Å²) in [4.78, 5) is 2.38. The average Bonchev–Trinajstić information content (AvgIpc) is 1.72. The van der Waals surface area contributed by atoms with Gasteiger partial charge in [-0.1, -0.05) is 20.8 Å². The van der Waals surface area contributed by atoms with Crippen LogP contribution in [0.15, 0.2) is 0 Å². The van der Waals surface area contributed by atoms with Crippen LogP contribution in [0.2, 0.25) is 0 Å². The van der Waals surface area contributed by atoms with Gasteiger partial charge in [-0.25, -0.2) is 0 Å². The van der Waals surface area contributed by atoms with Gasteiger partial charge >= 0.3 is 0 Å². The minimum absolute atomic E-state index is 0. The first kappa shape index (κ1) is 16.0. The first-order valence-electron chi connectivity index (χ1n) is 3.07. The lowest BCUT2D eigenvalue weighted by Gasteiger charge is -2.13. The van der Waals surface area contributed by atoms with Crippen LogP contribution in [0.4, 0.5) is 4.70 Å². The van der Waals surface area contributed by atoms with Crippen LogP contribution in [-0.2, 0) is 0 Å². The summed E-state index contributed by atoms with van der Waals surface area (Å²) >= 11 is 0. The summed E-state index contributed by atoms with van der Waals surface area (Å²) in [5, 5.41) is 0. The van der Waals surface area contributed by atoms with Crippen LogP contribution in [0.25, 0.3) is 0 Å². The lowest BCUT2D eigenvalue weighted by molar-refractivity contribution is 0.321. The van der Waals surface area contributed by atoms with Crippen molar-refractivity contribution in [3.63, 3.8) is 0 Å². The Morgan fingerprint density at radius 2 is 1.11 bits per heavy atom. The van der Waals surface area contributed by atoms with Crippen LogP contribution >= 0.6 is 0 Å². The molecule has 0 rings (SSSR count). The zero-order valence-electron chi connectivity index (χ0n) is 6.55. The first-order chi connectivity index (χ1) is 3.35. The van der Waals surface area contributed by atoms with Crippen molar-refractivity contribution >= 4 is 8.41 Å². The molecular formula is C6H16BFN. The van der Waals surface area contributed by atoms with Gasteiger partial charge in [-0.3, -0.25) is 4.70 Å². The van der Waals surface area contributed by atoms with Crippen molar-refractivity contribution in [3.8, 4) is 0 Å². The van der Waals surface area contributed by atoms with Gasteiger partial charge in [0, 0.05) is 8.41 Å². The Hall–Kier alpha value is -0.0451. The molecule has 0 aromatic heterocycles. The van der Waals surface area contributed by atoms with E-state index in [1.165, 1.54) is 19.6 Å². The van der Waals surface area contributed by atoms with E-state index in [4.69, 9.17) is 0 Å². The quantitative estimate of drug-likeness (QED) is 0.520. The van der Waals surface area contributed by atoms with E-state index < -0.39 is 0 Å². The molecule has 0 N–H and O–H groups in total. The van der Waals surface area contributed by atoms with Crippen LogP contribution in [0.3, 0.4) is 0 Å². The Morgan fingerprint density at radius 3 is 1.11 bits per heavy atom. The molecule has 0 atom stereocenters. The van der Waals surface area contributed by atoms with Gasteiger partial charge < -0.3 is 4.90 Å². The molecule has 0 spiro atoms. The molecule has 0 bridgehead atoms. The van der Waals surface area contributed by atoms with Crippen molar-refractivity contribution in [3.05, 3.63) is 0 Å². The summed E-state index contributed by atoms with van der Waals surface area (Å²) in [5.41, 5.74) is 0. The van der Waals surface area contributed by atoms with E-state index in [1.807, 2.05) is 0 Å². The predicted molar refractivity (Wildman–Crippen MR) is 41.7 cm³/mol. The van der Waals surface area contributed by atoms with E-state index in [0.717, 1.165) is 0 Å². The zero-order valence-corrected chi connectivity index (χ0v) is 6.55. The second kappa shape index (κ2) is 10.9. The van der Waals surface area contributed by atoms with E-state index in [9.17, 15) is 0 Å². The number of hydrogen-bond acceptors (Lipinski definition) is 1. The maximum Gasteiger partial charge on any atom is 0 e. The third-order valence-corrected chi connectivity index (χ3v) is 1.34. The molecule has 0 aliphatic carbocycles. The molecule has 1 nitrogen and oxygen atoms in total. The monoisotopic (exact) mass is 132 g/mol. The van der Waals surface area contributed by atoms with E-state index in [1.54, 1.807) is 0 Å². The molecule has 0 aliphatic rings. The Balaban J connectivity index is -0.000000180. The van der Waals surface area contributed by atoms with Gasteiger partial charge in [-0.15, -0.1) is 0 Å². The smallest absolute Gasteiger partial charge is 0 e. The molecule has 3 radical (unpaired) electrons. The summed E-state index contributed by atoms with van der Waals surface area (Å²) in [6.07, 6.45) is 0. The first-order valence-corrected chi connectivity index (χ1v) is 3.07. The van der Waals surface area contributed by atoms with Crippen molar-refractivity contribution in [2.75, 3.05) is 19.6 Å². The van der Waals surface area contributed by atoms with Gasteiger partial charge in [0.15, 0.2) is 0 Å². The summed E-state index contributed by atoms with van der Waals surface area (Å²) in [6, 6.07) is 0. The van der Waals surface area contributed by atoms with Crippen molar-refractivity contribution in [2.24, 2.45) is 0 Å². The van der Waals surface area contributed by atoms with E-state index >= 15 is 0 Å². The van der Waals surface area contributed by atoms with E-state index in [2.05, 4.69) is 25.7 Å². The van der Waals surface area contributed by atoms with Crippen LogP contribution < -0.4 is 0 Å². The fourth-order valence-corrected chi connectivity index (χ4v) is 0.671. The predicted octanol–water partition coefficient (Wildman–Crippen LogP) is 1.12. The summed E-state index contributed by atoms with van der Waals surface area (Å²) in [6.45, 7) is 10.1. The maximum absolute atomic E-state index is 2.38. The Labute approximate surface area is 59.4 Å². The molecule has 0 saturated carbocycles. The summed E-state index contributed by atoms with van der Waals surface area (Å²) in [7, 11) is 0.